The number of carbonyl (C=O) groups is 6. The van der Waals surface area contributed by atoms with Crippen LogP contribution in [-0.4, -0.2) is 41.3 Å². The number of hydrogen-bond acceptors (Lipinski definition) is 12. The van der Waals surface area contributed by atoms with Crippen LogP contribution < -0.4 is 30.6 Å². The maximum atomic E-state index is 8.93. The number of carboxylic acids is 6. The van der Waals surface area contributed by atoms with Gasteiger partial charge in [0.1, 0.15) is 0 Å². The number of aliphatic carboxylic acids is 6. The zero-order chi connectivity index (χ0) is 15.5. The zero-order valence-electron chi connectivity index (χ0n) is 9.11. The van der Waals surface area contributed by atoms with E-state index < -0.39 is 35.8 Å². The quantitative estimate of drug-likeness (QED) is 0.236. The van der Waals surface area contributed by atoms with Gasteiger partial charge in [-0.25, -0.2) is 0 Å². The Kier molecular flexibility index (Phi) is 38.3. The Bertz CT molecular complexity index is 282. The smallest absolute Gasteiger partial charge is 0.543 e. The van der Waals surface area contributed by atoms with Gasteiger partial charge in [-0.3, -0.25) is 0 Å². The average Bonchev–Trinajstić information content (AvgIpc) is 2.18. The van der Waals surface area contributed by atoms with Crippen LogP contribution in [0.5, 0.6) is 0 Å². The second kappa shape index (κ2) is 21.7. The monoisotopic (exact) mass is 598 g/mol. The summed E-state index contributed by atoms with van der Waals surface area (Å²) in [5, 5.41) is 53.6. The van der Waals surface area contributed by atoms with Gasteiger partial charge in [-0.2, -0.15) is 0 Å². The molecule has 120 valence electrons. The largest absolute Gasteiger partial charge is 3.00 e. The third-order valence-electron chi connectivity index (χ3n) is 0.500. The topological polar surface area (TPSA) is 272 Å². The molecule has 0 saturated carbocycles. The van der Waals surface area contributed by atoms with Crippen molar-refractivity contribution < 1.29 is 145 Å². The Morgan fingerprint density at radius 2 is 0.429 bits per heavy atom. The summed E-state index contributed by atoms with van der Waals surface area (Å²) in [6.45, 7) is 0. The van der Waals surface area contributed by atoms with Gasteiger partial charge < -0.3 is 64.9 Å². The van der Waals surface area contributed by atoms with Crippen LogP contribution in [-0.2, 0) is 28.8 Å². The fraction of sp³-hybridized carbons (Fsp3) is 0. The van der Waals surface area contributed by atoms with Gasteiger partial charge in [-0.15, -0.1) is 0 Å². The molecule has 0 heterocycles. The molecule has 0 aromatic heterocycles. The molecule has 2 radical (unpaired) electrons. The molecule has 0 rings (SSSR count). The minimum atomic E-state index is -2.19. The molecule has 0 bridgehead atoms. The van der Waals surface area contributed by atoms with Gasteiger partial charge in [0.05, 0.1) is 35.8 Å². The van der Waals surface area contributed by atoms with E-state index in [-0.39, 0.29) is 85.4 Å². The van der Waals surface area contributed by atoms with Crippen molar-refractivity contribution in [2.24, 2.45) is 0 Å². The van der Waals surface area contributed by atoms with Crippen molar-refractivity contribution in [3.05, 3.63) is 0 Å². The third kappa shape index (κ3) is 45.2. The van der Waals surface area contributed by atoms with Gasteiger partial charge in [-0.05, 0) is 0 Å². The fourth-order valence-electron chi connectivity index (χ4n) is 0. The molecule has 0 amide bonds. The van der Waals surface area contributed by atoms with Gasteiger partial charge >= 0.3 is 79.9 Å². The van der Waals surface area contributed by atoms with Crippen molar-refractivity contribution >= 4 is 35.8 Å². The molecule has 0 aromatic rings. The van der Waals surface area contributed by atoms with E-state index in [0.717, 1.165) is 0 Å². The van der Waals surface area contributed by atoms with E-state index in [2.05, 4.69) is 0 Å². The predicted octanol–water partition coefficient (Wildman–Crippen LogP) is -11.4. The van der Waals surface area contributed by atoms with Crippen molar-refractivity contribution in [1.29, 1.82) is 0 Å². The summed E-state index contributed by atoms with van der Waals surface area (Å²) >= 11 is 0. The molecule has 0 atom stereocenters. The number of rotatable bonds is 0. The Hall–Kier alpha value is -0.571. The number of hydrogen-bond donors (Lipinski definition) is 0. The summed E-state index contributed by atoms with van der Waals surface area (Å²) in [6.07, 6.45) is 0. The Morgan fingerprint density at radius 3 is 0.429 bits per heavy atom. The van der Waals surface area contributed by atoms with E-state index in [0.29, 0.717) is 0 Å². The van der Waals surface area contributed by atoms with Crippen molar-refractivity contribution in [3.8, 4) is 0 Å². The van der Waals surface area contributed by atoms with E-state index in [9.17, 15) is 0 Å². The maximum absolute atomic E-state index is 8.93. The van der Waals surface area contributed by atoms with Crippen molar-refractivity contribution in [1.82, 2.24) is 0 Å². The molecule has 0 aromatic carbocycles. The standard InChI is InChI=1S/3C2H2O4.2Gd.H2O/c3*3-1(4)2(5)6;;;/h3*(H,3,4)(H,5,6);;;1H2/q;;;2*+3;/p-6. The molecule has 0 aliphatic rings. The van der Waals surface area contributed by atoms with Crippen LogP contribution in [0.3, 0.4) is 0 Å². The van der Waals surface area contributed by atoms with Crippen LogP contribution in [0.4, 0.5) is 0 Å². The summed E-state index contributed by atoms with van der Waals surface area (Å²) in [5.41, 5.74) is 0. The first-order valence-electron chi connectivity index (χ1n) is 3.20. The number of carboxylic acid groups (broad SMARTS) is 6. The van der Waals surface area contributed by atoms with Crippen LogP contribution in [0.2, 0.25) is 0 Å². The fourth-order valence-corrected chi connectivity index (χ4v) is 0. The predicted molar refractivity (Wildman–Crippen MR) is 33.7 cm³/mol. The average molecular weight is 597 g/mol. The molecular formula is C6H2Gd2O13. The van der Waals surface area contributed by atoms with Gasteiger partial charge in [0.15, 0.2) is 0 Å². The molecule has 13 nitrogen and oxygen atoms in total. The van der Waals surface area contributed by atoms with Gasteiger partial charge in [-0.1, -0.05) is 0 Å². The normalized spacial score (nSPS) is 6.29. The molecule has 0 fully saturated rings. The van der Waals surface area contributed by atoms with Gasteiger partial charge in [0.25, 0.3) is 0 Å². The number of carbonyl (C=O) groups excluding carboxylic acids is 6. The van der Waals surface area contributed by atoms with Crippen LogP contribution in [0, 0.1) is 79.9 Å². The Morgan fingerprint density at radius 1 is 0.381 bits per heavy atom. The van der Waals surface area contributed by atoms with Gasteiger partial charge in [0.2, 0.25) is 0 Å². The molecule has 0 saturated heterocycles. The summed E-state index contributed by atoms with van der Waals surface area (Å²) in [5.74, 6) is -13.1. The molecule has 21 heavy (non-hydrogen) atoms. The first-order valence-corrected chi connectivity index (χ1v) is 3.20. The maximum Gasteiger partial charge on any atom is 3.00 e. The van der Waals surface area contributed by atoms with Gasteiger partial charge in [0, 0.05) is 0 Å². The van der Waals surface area contributed by atoms with E-state index in [1.54, 1.807) is 0 Å². The van der Waals surface area contributed by atoms with Crippen LogP contribution in [0.15, 0.2) is 0 Å². The van der Waals surface area contributed by atoms with E-state index in [1.807, 2.05) is 0 Å². The first kappa shape index (κ1) is 37.0. The summed E-state index contributed by atoms with van der Waals surface area (Å²) in [4.78, 5) is 53.6. The Labute approximate surface area is 178 Å². The third-order valence-corrected chi connectivity index (χ3v) is 0.500. The Balaban J connectivity index is -0.0000000375. The van der Waals surface area contributed by atoms with Crippen molar-refractivity contribution in [2.45, 2.75) is 0 Å². The molecule has 0 aliphatic heterocycles. The molecule has 0 aliphatic carbocycles. The second-order valence-corrected chi connectivity index (χ2v) is 1.72. The minimum absolute atomic E-state index is 0. The SMILES string of the molecule is O.O=C([O-])C(=O)[O-].O=C([O-])C(=O)[O-].O=C([O-])C(=O)[O-].[Gd+3].[Gd+3]. The zero-order valence-corrected chi connectivity index (χ0v) is 13.6. The van der Waals surface area contributed by atoms with Crippen LogP contribution in [0.1, 0.15) is 0 Å². The molecular weight excluding hydrogens is 595 g/mol. The van der Waals surface area contributed by atoms with E-state index in [4.69, 9.17) is 59.4 Å². The first-order chi connectivity index (χ1) is 7.93. The van der Waals surface area contributed by atoms with Crippen molar-refractivity contribution in [3.63, 3.8) is 0 Å². The molecule has 15 heteroatoms. The summed E-state index contributed by atoms with van der Waals surface area (Å²) in [7, 11) is 0. The minimum Gasteiger partial charge on any atom is -0.543 e. The van der Waals surface area contributed by atoms with Crippen molar-refractivity contribution in [2.75, 3.05) is 0 Å². The molecule has 0 spiro atoms. The van der Waals surface area contributed by atoms with E-state index >= 15 is 0 Å². The molecule has 0 unspecified atom stereocenters. The van der Waals surface area contributed by atoms with E-state index in [1.165, 1.54) is 0 Å². The summed E-state index contributed by atoms with van der Waals surface area (Å²) in [6, 6.07) is 0. The van der Waals surface area contributed by atoms with Crippen LogP contribution in [0.25, 0.3) is 0 Å². The summed E-state index contributed by atoms with van der Waals surface area (Å²) < 4.78 is 0. The molecule has 2 N–H and O–H groups in total. The van der Waals surface area contributed by atoms with Crippen LogP contribution >= 0.6 is 0 Å². The second-order valence-electron chi connectivity index (χ2n) is 1.72.